The number of carboxylic acids is 1. The van der Waals surface area contributed by atoms with Gasteiger partial charge >= 0.3 is 35.5 Å². The number of rotatable bonds is 8. The van der Waals surface area contributed by atoms with Gasteiger partial charge in [-0.25, -0.2) is 0 Å². The third-order valence-electron chi connectivity index (χ3n) is 2.05. The summed E-state index contributed by atoms with van der Waals surface area (Å²) in [6, 6.07) is -0.453. The summed E-state index contributed by atoms with van der Waals surface area (Å²) in [5, 5.41) is 19.7. The summed E-state index contributed by atoms with van der Waals surface area (Å²) >= 11 is 0. The van der Waals surface area contributed by atoms with Gasteiger partial charge in [0.25, 0.3) is 0 Å². The summed E-state index contributed by atoms with van der Waals surface area (Å²) < 4.78 is 0. The molecule has 0 radical (unpaired) electrons. The molecule has 1 atom stereocenters. The predicted octanol–water partition coefficient (Wildman–Crippen LogP) is -1.25. The van der Waals surface area contributed by atoms with Crippen LogP contribution >= 0.6 is 0 Å². The summed E-state index contributed by atoms with van der Waals surface area (Å²) in [4.78, 5) is 14.1. The summed E-state index contributed by atoms with van der Waals surface area (Å²) in [5.41, 5.74) is 0. The van der Waals surface area contributed by atoms with Gasteiger partial charge in [0.15, 0.2) is 0 Å². The van der Waals surface area contributed by atoms with Gasteiger partial charge in [-0.3, -0.25) is 9.79 Å². The van der Waals surface area contributed by atoms with Gasteiger partial charge in [0.2, 0.25) is 0 Å². The number of carboxylic acid groups (broad SMARTS) is 1. The van der Waals surface area contributed by atoms with Crippen molar-refractivity contribution in [2.75, 3.05) is 0 Å². The van der Waals surface area contributed by atoms with E-state index in [0.29, 0.717) is 0 Å². The monoisotopic (exact) mass is 249 g/mol. The molecule has 0 fully saturated rings. The molecule has 1 N–H and O–H groups in total. The van der Waals surface area contributed by atoms with Crippen LogP contribution in [0.4, 0.5) is 0 Å². The third kappa shape index (κ3) is 13.6. The van der Waals surface area contributed by atoms with Gasteiger partial charge in [0.1, 0.15) is 0 Å². The van der Waals surface area contributed by atoms with Crippen LogP contribution in [0.2, 0.25) is 0 Å². The van der Waals surface area contributed by atoms with E-state index in [-0.39, 0.29) is 41.9 Å². The van der Waals surface area contributed by atoms with Gasteiger partial charge in [-0.2, -0.15) is 0 Å². The first-order valence-electron chi connectivity index (χ1n) is 5.69. The van der Waals surface area contributed by atoms with Crippen molar-refractivity contribution >= 4 is 11.9 Å². The van der Waals surface area contributed by atoms with Gasteiger partial charge in [0, 0.05) is 0 Å². The number of allylic oxidation sites excluding steroid dienone is 1. The third-order valence-corrected chi connectivity index (χ3v) is 2.05. The molecule has 0 aromatic carbocycles. The number of hydrogen-bond donors (Lipinski definition) is 1. The van der Waals surface area contributed by atoms with E-state index < -0.39 is 12.0 Å². The van der Waals surface area contributed by atoms with E-state index in [9.17, 15) is 9.90 Å². The molecule has 0 aromatic rings. The molecule has 0 heterocycles. The van der Waals surface area contributed by atoms with Crippen LogP contribution in [0.15, 0.2) is 17.1 Å². The van der Waals surface area contributed by atoms with Crippen LogP contribution < -0.4 is 34.7 Å². The Morgan fingerprint density at radius 3 is 2.65 bits per heavy atom. The molecular formula is C12H20NNaO3. The molecular weight excluding hydrogens is 229 g/mol. The van der Waals surface area contributed by atoms with E-state index in [2.05, 4.69) is 11.9 Å². The number of carbonyl (C=O) groups is 1. The van der Waals surface area contributed by atoms with Crippen LogP contribution in [0.3, 0.4) is 0 Å². The number of unbranched alkanes of at least 4 members (excludes halogenated alkanes) is 3. The molecule has 4 nitrogen and oxygen atoms in total. The van der Waals surface area contributed by atoms with Crippen LogP contribution in [0.5, 0.6) is 0 Å². The zero-order valence-electron chi connectivity index (χ0n) is 11.0. The van der Waals surface area contributed by atoms with Crippen molar-refractivity contribution in [2.45, 2.75) is 52.0 Å². The molecule has 0 amide bonds. The second kappa shape index (κ2) is 12.1. The van der Waals surface area contributed by atoms with E-state index in [1.165, 1.54) is 6.08 Å². The Kier molecular flexibility index (Phi) is 13.6. The molecule has 0 rings (SSSR count). The standard InChI is InChI=1S/C12H21NO3.Na/c1-3-4-5-6-7-8-11(14)13-10(2)9-12(15)16;/h7-8,10H,3-6,9H2,1-2H3,(H,13,14)(H,15,16);/q;+1/p-1/b8-7+;. The Morgan fingerprint density at radius 1 is 1.47 bits per heavy atom. The van der Waals surface area contributed by atoms with Crippen molar-refractivity contribution in [2.24, 2.45) is 4.99 Å². The molecule has 0 aromatic heterocycles. The summed E-state index contributed by atoms with van der Waals surface area (Å²) in [5.74, 6) is -1.28. The Bertz CT molecular complexity index is 264. The first-order chi connectivity index (χ1) is 7.56. The molecule has 0 spiro atoms. The number of aliphatic carboxylic acids is 1. The molecule has 17 heavy (non-hydrogen) atoms. The van der Waals surface area contributed by atoms with E-state index >= 15 is 0 Å². The molecule has 0 aliphatic heterocycles. The maximum atomic E-state index is 11.2. The second-order valence-corrected chi connectivity index (χ2v) is 3.81. The zero-order chi connectivity index (χ0) is 12.4. The number of aliphatic imine (C=N–C) groups is 1. The molecule has 0 saturated heterocycles. The van der Waals surface area contributed by atoms with Crippen molar-refractivity contribution in [1.29, 1.82) is 0 Å². The van der Waals surface area contributed by atoms with Crippen molar-refractivity contribution in [3.63, 3.8) is 0 Å². The fourth-order valence-electron chi connectivity index (χ4n) is 1.25. The smallest absolute Gasteiger partial charge is 0.859 e. The summed E-state index contributed by atoms with van der Waals surface area (Å²) in [6.45, 7) is 3.74. The molecule has 0 aliphatic rings. The summed E-state index contributed by atoms with van der Waals surface area (Å²) in [7, 11) is 0. The maximum absolute atomic E-state index is 11.2. The molecule has 92 valence electrons. The van der Waals surface area contributed by atoms with Gasteiger partial charge < -0.3 is 10.2 Å². The first kappa shape index (κ1) is 19.0. The van der Waals surface area contributed by atoms with Crippen LogP contribution in [-0.2, 0) is 4.79 Å². The minimum absolute atomic E-state index is 0. The van der Waals surface area contributed by atoms with Crippen LogP contribution in [0, 0.1) is 0 Å². The normalized spacial score (nSPS) is 13.4. The minimum atomic E-state index is -0.934. The quantitative estimate of drug-likeness (QED) is 0.253. The fourth-order valence-corrected chi connectivity index (χ4v) is 1.25. The Balaban J connectivity index is 0. The Labute approximate surface area is 125 Å². The van der Waals surface area contributed by atoms with Crippen molar-refractivity contribution in [3.8, 4) is 0 Å². The van der Waals surface area contributed by atoms with Crippen LogP contribution in [0.25, 0.3) is 0 Å². The molecule has 0 bridgehead atoms. The Hall–Kier alpha value is -0.320. The predicted molar refractivity (Wildman–Crippen MR) is 62.4 cm³/mol. The number of nitrogens with zero attached hydrogens (tertiary/aromatic N) is 1. The van der Waals surface area contributed by atoms with Crippen LogP contribution in [-0.4, -0.2) is 23.0 Å². The largest absolute Gasteiger partial charge is 1.00 e. The Morgan fingerprint density at radius 2 is 2.12 bits per heavy atom. The number of hydrogen-bond acceptors (Lipinski definition) is 3. The van der Waals surface area contributed by atoms with Crippen LogP contribution in [0.1, 0.15) is 46.0 Å². The molecule has 0 aliphatic carbocycles. The summed E-state index contributed by atoms with van der Waals surface area (Å²) in [6.07, 6.45) is 7.39. The average Bonchev–Trinajstić information content (AvgIpc) is 2.15. The van der Waals surface area contributed by atoms with Crippen molar-refractivity contribution in [1.82, 2.24) is 0 Å². The van der Waals surface area contributed by atoms with Crippen molar-refractivity contribution in [3.05, 3.63) is 12.2 Å². The zero-order valence-corrected chi connectivity index (χ0v) is 13.0. The molecule has 5 heteroatoms. The first-order valence-corrected chi connectivity index (χ1v) is 5.69. The van der Waals surface area contributed by atoms with E-state index in [0.717, 1.165) is 25.7 Å². The van der Waals surface area contributed by atoms with E-state index in [1.54, 1.807) is 13.0 Å². The minimum Gasteiger partial charge on any atom is -0.859 e. The van der Waals surface area contributed by atoms with E-state index in [1.807, 2.05) is 0 Å². The van der Waals surface area contributed by atoms with Gasteiger partial charge in [-0.05, 0) is 25.7 Å². The topological polar surface area (TPSA) is 72.7 Å². The van der Waals surface area contributed by atoms with Gasteiger partial charge in [-0.15, -0.1) is 0 Å². The van der Waals surface area contributed by atoms with Crippen molar-refractivity contribution < 1.29 is 44.6 Å². The van der Waals surface area contributed by atoms with E-state index in [4.69, 9.17) is 5.11 Å². The van der Waals surface area contributed by atoms with Gasteiger partial charge in [-0.1, -0.05) is 31.9 Å². The molecule has 1 unspecified atom stereocenters. The molecule has 0 saturated carbocycles. The second-order valence-electron chi connectivity index (χ2n) is 3.81. The average molecular weight is 249 g/mol. The fraction of sp³-hybridized carbons (Fsp3) is 0.667. The maximum Gasteiger partial charge on any atom is 1.00 e. The SMILES string of the molecule is CCCCC/C=C/C([O-])=NC(C)CC(=O)O.[Na+]. The van der Waals surface area contributed by atoms with Gasteiger partial charge in [0.05, 0.1) is 12.5 Å².